The third kappa shape index (κ3) is 3.77. The summed E-state index contributed by atoms with van der Waals surface area (Å²) >= 11 is 0. The molecule has 1 aliphatic carbocycles. The Balaban J connectivity index is 1.65. The van der Waals surface area contributed by atoms with Gasteiger partial charge in [-0.3, -0.25) is 4.79 Å². The van der Waals surface area contributed by atoms with Crippen LogP contribution in [0.15, 0.2) is 36.7 Å². The molecule has 1 saturated carbocycles. The molecule has 23 heavy (non-hydrogen) atoms. The van der Waals surface area contributed by atoms with Gasteiger partial charge in [0.25, 0.3) is 5.91 Å². The number of benzene rings is 1. The Kier molecular flexibility index (Phi) is 4.71. The van der Waals surface area contributed by atoms with Crippen LogP contribution in [0.3, 0.4) is 0 Å². The van der Waals surface area contributed by atoms with Gasteiger partial charge in [-0.2, -0.15) is 0 Å². The van der Waals surface area contributed by atoms with E-state index in [1.54, 1.807) is 13.3 Å². The molecule has 0 unspecified atom stereocenters. The fraction of sp³-hybridized carbons (Fsp3) is 0.353. The maximum atomic E-state index is 12.1. The predicted octanol–water partition coefficient (Wildman–Crippen LogP) is 2.90. The Morgan fingerprint density at radius 3 is 2.65 bits per heavy atom. The first-order valence-corrected chi connectivity index (χ1v) is 7.79. The minimum Gasteiger partial charge on any atom is -0.495 e. The zero-order chi connectivity index (χ0) is 16.1. The van der Waals surface area contributed by atoms with Crippen LogP contribution in [0.5, 0.6) is 5.75 Å². The molecule has 6 nitrogen and oxygen atoms in total. The molecule has 6 heteroatoms. The Morgan fingerprint density at radius 2 is 1.96 bits per heavy atom. The van der Waals surface area contributed by atoms with Gasteiger partial charge in [0.05, 0.1) is 25.2 Å². The zero-order valence-corrected chi connectivity index (χ0v) is 13.1. The van der Waals surface area contributed by atoms with Gasteiger partial charge in [0.2, 0.25) is 0 Å². The van der Waals surface area contributed by atoms with E-state index in [4.69, 9.17) is 4.74 Å². The van der Waals surface area contributed by atoms with Gasteiger partial charge in [0, 0.05) is 6.04 Å². The van der Waals surface area contributed by atoms with E-state index in [-0.39, 0.29) is 11.9 Å². The van der Waals surface area contributed by atoms with Crippen LogP contribution in [0.4, 0.5) is 11.5 Å². The molecule has 0 saturated heterocycles. The van der Waals surface area contributed by atoms with Crippen molar-refractivity contribution in [3.8, 4) is 5.75 Å². The van der Waals surface area contributed by atoms with Crippen molar-refractivity contribution < 1.29 is 9.53 Å². The number of rotatable bonds is 5. The smallest absolute Gasteiger partial charge is 0.271 e. The van der Waals surface area contributed by atoms with E-state index >= 15 is 0 Å². The standard InChI is InChI=1S/C17H20N4O2/c1-23-15-9-5-4-8-13(15)21-16-11-18-14(10-19-16)17(22)20-12-6-2-3-7-12/h4-5,8-12H,2-3,6-7H2,1H3,(H,19,21)(H,20,22). The molecule has 120 valence electrons. The van der Waals surface area contributed by atoms with Crippen LogP contribution in [0.25, 0.3) is 0 Å². The average Bonchev–Trinajstić information content (AvgIpc) is 3.09. The van der Waals surface area contributed by atoms with E-state index < -0.39 is 0 Å². The minimum atomic E-state index is -0.159. The molecule has 1 amide bonds. The van der Waals surface area contributed by atoms with E-state index in [1.807, 2.05) is 24.3 Å². The van der Waals surface area contributed by atoms with Gasteiger partial charge in [-0.25, -0.2) is 9.97 Å². The maximum Gasteiger partial charge on any atom is 0.271 e. The number of para-hydroxylation sites is 2. The Labute approximate surface area is 135 Å². The summed E-state index contributed by atoms with van der Waals surface area (Å²) in [4.78, 5) is 20.6. The highest BCUT2D eigenvalue weighted by Gasteiger charge is 2.18. The van der Waals surface area contributed by atoms with Gasteiger partial charge in [0.15, 0.2) is 0 Å². The minimum absolute atomic E-state index is 0.159. The summed E-state index contributed by atoms with van der Waals surface area (Å²) in [6.45, 7) is 0. The molecule has 0 aliphatic heterocycles. The van der Waals surface area contributed by atoms with Crippen LogP contribution in [-0.2, 0) is 0 Å². The predicted molar refractivity (Wildman–Crippen MR) is 88.0 cm³/mol. The molecule has 1 aromatic heterocycles. The van der Waals surface area contributed by atoms with Gasteiger partial charge < -0.3 is 15.4 Å². The second-order valence-corrected chi connectivity index (χ2v) is 5.57. The van der Waals surface area contributed by atoms with E-state index in [1.165, 1.54) is 19.0 Å². The largest absolute Gasteiger partial charge is 0.495 e. The molecular formula is C17H20N4O2. The molecular weight excluding hydrogens is 292 g/mol. The summed E-state index contributed by atoms with van der Waals surface area (Å²) < 4.78 is 5.28. The fourth-order valence-corrected chi connectivity index (χ4v) is 2.73. The highest BCUT2D eigenvalue weighted by Crippen LogP contribution is 2.25. The number of nitrogens with one attached hydrogen (secondary N) is 2. The summed E-state index contributed by atoms with van der Waals surface area (Å²) in [5.41, 5.74) is 1.13. The van der Waals surface area contributed by atoms with Crippen LogP contribution in [0.1, 0.15) is 36.2 Å². The SMILES string of the molecule is COc1ccccc1Nc1cnc(C(=O)NC2CCCC2)cn1. The van der Waals surface area contributed by atoms with Crippen molar-refractivity contribution in [2.45, 2.75) is 31.7 Å². The highest BCUT2D eigenvalue weighted by atomic mass is 16.5. The average molecular weight is 312 g/mol. The van der Waals surface area contributed by atoms with Crippen molar-refractivity contribution in [3.63, 3.8) is 0 Å². The quantitative estimate of drug-likeness (QED) is 0.888. The second kappa shape index (κ2) is 7.09. The summed E-state index contributed by atoms with van der Waals surface area (Å²) in [6.07, 6.45) is 7.49. The van der Waals surface area contributed by atoms with E-state index in [2.05, 4.69) is 20.6 Å². The monoisotopic (exact) mass is 312 g/mol. The molecule has 3 rings (SSSR count). The molecule has 2 aromatic rings. The highest BCUT2D eigenvalue weighted by molar-refractivity contribution is 5.92. The first-order valence-electron chi connectivity index (χ1n) is 7.79. The van der Waals surface area contributed by atoms with Gasteiger partial charge >= 0.3 is 0 Å². The Bertz CT molecular complexity index is 667. The molecule has 1 heterocycles. The Morgan fingerprint density at radius 1 is 1.17 bits per heavy atom. The maximum absolute atomic E-state index is 12.1. The van der Waals surface area contributed by atoms with Crippen molar-refractivity contribution in [3.05, 3.63) is 42.4 Å². The van der Waals surface area contributed by atoms with Crippen LogP contribution in [-0.4, -0.2) is 29.0 Å². The van der Waals surface area contributed by atoms with Crippen molar-refractivity contribution >= 4 is 17.4 Å². The second-order valence-electron chi connectivity index (χ2n) is 5.57. The molecule has 0 spiro atoms. The fourth-order valence-electron chi connectivity index (χ4n) is 2.73. The number of carbonyl (C=O) groups excluding carboxylic acids is 1. The number of anilines is 2. The van der Waals surface area contributed by atoms with Crippen LogP contribution in [0, 0.1) is 0 Å². The number of nitrogens with zero attached hydrogens (tertiary/aromatic N) is 2. The van der Waals surface area contributed by atoms with Gasteiger partial charge in [-0.05, 0) is 25.0 Å². The van der Waals surface area contributed by atoms with Crippen LogP contribution in [0.2, 0.25) is 0 Å². The number of amides is 1. The summed E-state index contributed by atoms with van der Waals surface area (Å²) in [5, 5.41) is 6.13. The molecule has 1 fully saturated rings. The van der Waals surface area contributed by atoms with Gasteiger partial charge in [-0.15, -0.1) is 0 Å². The lowest BCUT2D eigenvalue weighted by molar-refractivity contribution is 0.0932. The number of ether oxygens (including phenoxy) is 1. The first-order chi connectivity index (χ1) is 11.3. The van der Waals surface area contributed by atoms with Gasteiger partial charge in [-0.1, -0.05) is 25.0 Å². The number of aromatic nitrogens is 2. The van der Waals surface area contributed by atoms with E-state index in [0.717, 1.165) is 24.3 Å². The number of hydrogen-bond acceptors (Lipinski definition) is 5. The van der Waals surface area contributed by atoms with Crippen molar-refractivity contribution in [2.75, 3.05) is 12.4 Å². The zero-order valence-electron chi connectivity index (χ0n) is 13.1. The molecule has 0 bridgehead atoms. The summed E-state index contributed by atoms with van der Waals surface area (Å²) in [5.74, 6) is 1.12. The lowest BCUT2D eigenvalue weighted by Crippen LogP contribution is -2.33. The number of methoxy groups -OCH3 is 1. The molecule has 1 aromatic carbocycles. The lowest BCUT2D eigenvalue weighted by Gasteiger charge is -2.12. The third-order valence-electron chi connectivity index (χ3n) is 3.94. The van der Waals surface area contributed by atoms with Gasteiger partial charge in [0.1, 0.15) is 17.3 Å². The van der Waals surface area contributed by atoms with Crippen LogP contribution < -0.4 is 15.4 Å². The normalized spacial score (nSPS) is 14.5. The first kappa shape index (κ1) is 15.3. The number of hydrogen-bond donors (Lipinski definition) is 2. The number of carbonyl (C=O) groups is 1. The molecule has 0 atom stereocenters. The summed E-state index contributed by atoms with van der Waals surface area (Å²) in [6, 6.07) is 7.82. The van der Waals surface area contributed by atoms with E-state index in [9.17, 15) is 4.79 Å². The third-order valence-corrected chi connectivity index (χ3v) is 3.94. The lowest BCUT2D eigenvalue weighted by atomic mass is 10.2. The topological polar surface area (TPSA) is 76.1 Å². The molecule has 0 radical (unpaired) electrons. The van der Waals surface area contributed by atoms with Crippen molar-refractivity contribution in [2.24, 2.45) is 0 Å². The van der Waals surface area contributed by atoms with Crippen molar-refractivity contribution in [1.29, 1.82) is 0 Å². The molecule has 2 N–H and O–H groups in total. The van der Waals surface area contributed by atoms with Crippen LogP contribution >= 0.6 is 0 Å². The Hall–Kier alpha value is -2.63. The summed E-state index contributed by atoms with van der Waals surface area (Å²) in [7, 11) is 1.61. The van der Waals surface area contributed by atoms with Crippen molar-refractivity contribution in [1.82, 2.24) is 15.3 Å². The van der Waals surface area contributed by atoms with E-state index in [0.29, 0.717) is 11.5 Å². The molecule has 1 aliphatic rings.